The highest BCUT2D eigenvalue weighted by Gasteiger charge is 2.33. The summed E-state index contributed by atoms with van der Waals surface area (Å²) >= 11 is 6.35. The zero-order chi connectivity index (χ0) is 26.4. The monoisotopic (exact) mass is 526 g/mol. The third-order valence-electron chi connectivity index (χ3n) is 7.88. The zero-order valence-corrected chi connectivity index (χ0v) is 22.4. The Morgan fingerprint density at radius 2 is 1.92 bits per heavy atom. The van der Waals surface area contributed by atoms with Gasteiger partial charge in [-0.1, -0.05) is 30.7 Å². The lowest BCUT2D eigenvalue weighted by atomic mass is 9.97. The first-order valence-corrected chi connectivity index (χ1v) is 13.7. The largest absolute Gasteiger partial charge is 0.506 e. The van der Waals surface area contributed by atoms with Gasteiger partial charge in [0.15, 0.2) is 5.78 Å². The second-order valence-electron chi connectivity index (χ2n) is 10.5. The Hall–Kier alpha value is -3.48. The van der Waals surface area contributed by atoms with Crippen LogP contribution in [-0.4, -0.2) is 39.4 Å². The molecule has 2 aromatic carbocycles. The summed E-state index contributed by atoms with van der Waals surface area (Å²) in [5.41, 5.74) is 5.95. The van der Waals surface area contributed by atoms with Gasteiger partial charge in [-0.3, -0.25) is 14.7 Å². The van der Waals surface area contributed by atoms with Crippen molar-refractivity contribution >= 4 is 39.8 Å². The number of halogens is 1. The maximum absolute atomic E-state index is 13.3. The number of aromatic nitrogens is 2. The van der Waals surface area contributed by atoms with E-state index >= 15 is 0 Å². The average molecular weight is 527 g/mol. The first-order valence-electron chi connectivity index (χ1n) is 13.3. The van der Waals surface area contributed by atoms with Crippen LogP contribution in [0.25, 0.3) is 22.0 Å². The average Bonchev–Trinajstić information content (AvgIpc) is 3.70. The lowest BCUT2D eigenvalue weighted by Crippen LogP contribution is -2.17. The topological polar surface area (TPSA) is 78.4 Å². The molecule has 0 spiro atoms. The van der Waals surface area contributed by atoms with Crippen LogP contribution in [0.15, 0.2) is 54.9 Å². The van der Waals surface area contributed by atoms with Gasteiger partial charge in [0.1, 0.15) is 11.6 Å². The quantitative estimate of drug-likeness (QED) is 0.246. The summed E-state index contributed by atoms with van der Waals surface area (Å²) < 4.78 is 0. The fraction of sp³-hybridized carbons (Fsp3) is 0.323. The van der Waals surface area contributed by atoms with Gasteiger partial charge in [-0.25, -0.2) is 4.98 Å². The van der Waals surface area contributed by atoms with E-state index in [2.05, 4.69) is 28.3 Å². The highest BCUT2D eigenvalue weighted by atomic mass is 35.5. The number of likely N-dealkylation sites (tertiary alicyclic amines) is 1. The van der Waals surface area contributed by atoms with E-state index in [0.717, 1.165) is 59.1 Å². The van der Waals surface area contributed by atoms with Gasteiger partial charge < -0.3 is 10.4 Å². The van der Waals surface area contributed by atoms with Crippen molar-refractivity contribution in [2.75, 3.05) is 18.9 Å². The molecule has 1 aliphatic carbocycles. The molecule has 1 unspecified atom stereocenters. The number of carbonyl (C=O) groups excluding carboxylic acids is 1. The maximum Gasteiger partial charge on any atom is 0.169 e. The Labute approximate surface area is 227 Å². The lowest BCUT2D eigenvalue weighted by Gasteiger charge is -2.20. The predicted octanol–water partition coefficient (Wildman–Crippen LogP) is 7.32. The van der Waals surface area contributed by atoms with Gasteiger partial charge in [0.05, 0.1) is 21.8 Å². The number of benzene rings is 2. The Balaban J connectivity index is 1.43. The minimum absolute atomic E-state index is 0.0641. The Morgan fingerprint density at radius 1 is 1.08 bits per heavy atom. The van der Waals surface area contributed by atoms with Crippen LogP contribution in [0.5, 0.6) is 5.75 Å². The molecular formula is C31H31ClN4O2. The van der Waals surface area contributed by atoms with E-state index in [1.54, 1.807) is 12.3 Å². The van der Waals surface area contributed by atoms with Crippen molar-refractivity contribution in [3.63, 3.8) is 0 Å². The number of Topliss-reactive ketones (excluding diaryl/α,β-unsaturated/α-hetero) is 1. The number of aromatic hydroxyl groups is 1. The molecule has 1 saturated carbocycles. The van der Waals surface area contributed by atoms with Gasteiger partial charge >= 0.3 is 0 Å². The third-order valence-corrected chi connectivity index (χ3v) is 8.17. The van der Waals surface area contributed by atoms with E-state index in [9.17, 15) is 9.90 Å². The van der Waals surface area contributed by atoms with Crippen LogP contribution in [0.3, 0.4) is 0 Å². The molecule has 6 nitrogen and oxygen atoms in total. The molecule has 7 heteroatoms. The fourth-order valence-electron chi connectivity index (χ4n) is 5.49. The number of hydrogen-bond donors (Lipinski definition) is 2. The summed E-state index contributed by atoms with van der Waals surface area (Å²) in [5.74, 6) is 1.00. The SMILES string of the molecule is CCc1cc(-c2ccc3ncc(C(=O)C4CC4)c(Nc4ccc(C5CCCN5C)cn4)c3c2)cc(Cl)c1O. The molecule has 0 radical (unpaired) electrons. The second-order valence-corrected chi connectivity index (χ2v) is 10.9. The third kappa shape index (κ3) is 4.63. The summed E-state index contributed by atoms with van der Waals surface area (Å²) in [6.45, 7) is 3.09. The highest BCUT2D eigenvalue weighted by molar-refractivity contribution is 6.32. The molecule has 0 bridgehead atoms. The van der Waals surface area contributed by atoms with Crippen LogP contribution >= 0.6 is 11.6 Å². The number of nitrogens with zero attached hydrogens (tertiary/aromatic N) is 3. The molecule has 0 amide bonds. The van der Waals surface area contributed by atoms with Crippen molar-refractivity contribution in [3.05, 3.63) is 76.6 Å². The summed E-state index contributed by atoms with van der Waals surface area (Å²) in [6, 6.07) is 14.3. The van der Waals surface area contributed by atoms with Crippen molar-refractivity contribution in [2.45, 2.75) is 45.1 Å². The molecule has 2 fully saturated rings. The molecular weight excluding hydrogens is 496 g/mol. The molecule has 2 aromatic heterocycles. The van der Waals surface area contributed by atoms with Gasteiger partial charge in [-0.2, -0.15) is 0 Å². The molecule has 1 aliphatic heterocycles. The summed E-state index contributed by atoms with van der Waals surface area (Å²) in [5, 5.41) is 15.0. The standard InChI is InChI=1S/C31H31ClN4O2/c1-3-18-13-22(15-25(32)31(18)38)20-8-10-26-23(14-20)29(24(17-33-26)30(37)19-6-7-19)35-28-11-9-21(16-34-28)27-5-4-12-36(27)2/h8-11,13-17,19,27,38H,3-7,12H2,1-2H3,(H,33,34,35). The van der Waals surface area contributed by atoms with Crippen molar-refractivity contribution in [1.82, 2.24) is 14.9 Å². The van der Waals surface area contributed by atoms with Crippen LogP contribution in [0.2, 0.25) is 5.02 Å². The summed E-state index contributed by atoms with van der Waals surface area (Å²) in [4.78, 5) is 25.0. The molecule has 2 aliphatic rings. The Bertz CT molecular complexity index is 1530. The molecule has 38 heavy (non-hydrogen) atoms. The van der Waals surface area contributed by atoms with Gasteiger partial charge in [0.25, 0.3) is 0 Å². The van der Waals surface area contributed by atoms with Gasteiger partial charge in [0.2, 0.25) is 0 Å². The minimum Gasteiger partial charge on any atom is -0.506 e. The van der Waals surface area contributed by atoms with E-state index in [4.69, 9.17) is 16.6 Å². The van der Waals surface area contributed by atoms with Crippen LogP contribution in [0.4, 0.5) is 11.5 Å². The number of pyridine rings is 2. The number of phenolic OH excluding ortho intramolecular Hbond substituents is 1. The fourth-order valence-corrected chi connectivity index (χ4v) is 5.73. The van der Waals surface area contributed by atoms with Crippen LogP contribution in [0, 0.1) is 5.92 Å². The summed E-state index contributed by atoms with van der Waals surface area (Å²) in [6.07, 6.45) is 8.48. The number of ketones is 1. The predicted molar refractivity (Wildman–Crippen MR) is 152 cm³/mol. The highest BCUT2D eigenvalue weighted by Crippen LogP contribution is 2.40. The Kier molecular flexibility index (Phi) is 6.54. The minimum atomic E-state index is 0.0641. The second kappa shape index (κ2) is 10.0. The smallest absolute Gasteiger partial charge is 0.169 e. The van der Waals surface area contributed by atoms with Gasteiger partial charge in [-0.15, -0.1) is 0 Å². The number of hydrogen-bond acceptors (Lipinski definition) is 6. The number of nitrogens with one attached hydrogen (secondary N) is 1. The van der Waals surface area contributed by atoms with Crippen molar-refractivity contribution in [3.8, 4) is 16.9 Å². The van der Waals surface area contributed by atoms with E-state index in [-0.39, 0.29) is 17.5 Å². The molecule has 194 valence electrons. The summed E-state index contributed by atoms with van der Waals surface area (Å²) in [7, 11) is 2.16. The van der Waals surface area contributed by atoms with Crippen molar-refractivity contribution < 1.29 is 9.90 Å². The van der Waals surface area contributed by atoms with E-state index < -0.39 is 0 Å². The molecule has 3 heterocycles. The van der Waals surface area contributed by atoms with Gasteiger partial charge in [-0.05, 0) is 98.3 Å². The molecule has 1 atom stereocenters. The first kappa shape index (κ1) is 24.8. The Morgan fingerprint density at radius 3 is 2.61 bits per heavy atom. The van der Waals surface area contributed by atoms with Crippen molar-refractivity contribution in [2.24, 2.45) is 5.92 Å². The molecule has 4 aromatic rings. The molecule has 1 saturated heterocycles. The first-order chi connectivity index (χ1) is 18.4. The number of anilines is 2. The van der Waals surface area contributed by atoms with Crippen molar-refractivity contribution in [1.29, 1.82) is 0 Å². The normalized spacial score (nSPS) is 17.7. The van der Waals surface area contributed by atoms with Crippen LogP contribution in [-0.2, 0) is 6.42 Å². The molecule has 2 N–H and O–H groups in total. The van der Waals surface area contributed by atoms with E-state index in [0.29, 0.717) is 28.9 Å². The number of fused-ring (bicyclic) bond motifs is 1. The van der Waals surface area contributed by atoms with Crippen LogP contribution in [0.1, 0.15) is 60.1 Å². The molecule has 6 rings (SSSR count). The zero-order valence-electron chi connectivity index (χ0n) is 21.7. The number of rotatable bonds is 7. The van der Waals surface area contributed by atoms with E-state index in [1.807, 2.05) is 43.5 Å². The van der Waals surface area contributed by atoms with Crippen LogP contribution < -0.4 is 5.32 Å². The number of aryl methyl sites for hydroxylation is 1. The number of carbonyl (C=O) groups is 1. The number of phenols is 1. The van der Waals surface area contributed by atoms with Gasteiger partial charge in [0, 0.05) is 29.7 Å². The lowest BCUT2D eigenvalue weighted by molar-refractivity contribution is 0.0968. The maximum atomic E-state index is 13.3. The van der Waals surface area contributed by atoms with E-state index in [1.165, 1.54) is 12.0 Å².